The van der Waals surface area contributed by atoms with Gasteiger partial charge in [-0.1, -0.05) is 28.4 Å². The highest BCUT2D eigenvalue weighted by atomic mass is 79.9. The predicted molar refractivity (Wildman–Crippen MR) is 82.4 cm³/mol. The molecule has 0 aromatic heterocycles. The molecule has 1 rings (SSSR count). The van der Waals surface area contributed by atoms with Crippen LogP contribution in [0.2, 0.25) is 0 Å². The molecule has 0 heterocycles. The van der Waals surface area contributed by atoms with E-state index in [1.165, 1.54) is 6.07 Å². The topological polar surface area (TPSA) is 63.5 Å². The molecular formula is C14H19BrN2O3. The highest BCUT2D eigenvalue weighted by Gasteiger charge is 2.17. The van der Waals surface area contributed by atoms with Crippen molar-refractivity contribution in [2.75, 3.05) is 18.9 Å². The number of alkyl halides is 1. The molecule has 20 heavy (non-hydrogen) atoms. The average Bonchev–Trinajstić information content (AvgIpc) is 2.42. The molecule has 110 valence electrons. The van der Waals surface area contributed by atoms with Crippen LogP contribution < -0.4 is 0 Å². The molecule has 6 heteroatoms. The Morgan fingerprint density at radius 3 is 2.65 bits per heavy atom. The van der Waals surface area contributed by atoms with E-state index in [9.17, 15) is 14.9 Å². The quantitative estimate of drug-likeness (QED) is 0.329. The maximum absolute atomic E-state index is 12.2. The molecule has 0 bridgehead atoms. The Bertz CT molecular complexity index is 491. The molecule has 0 saturated carbocycles. The summed E-state index contributed by atoms with van der Waals surface area (Å²) < 4.78 is 0. The number of hydrogen-bond donors (Lipinski definition) is 0. The first-order valence-corrected chi connectivity index (χ1v) is 7.66. The number of carbonyl (C=O) groups is 1. The summed E-state index contributed by atoms with van der Waals surface area (Å²) in [6.07, 6.45) is 3.07. The summed E-state index contributed by atoms with van der Waals surface area (Å²) >= 11 is 3.37. The van der Waals surface area contributed by atoms with Crippen LogP contribution >= 0.6 is 15.9 Å². The van der Waals surface area contributed by atoms with Gasteiger partial charge in [-0.25, -0.2) is 0 Å². The van der Waals surface area contributed by atoms with Crippen LogP contribution in [0.25, 0.3) is 0 Å². The normalized spacial score (nSPS) is 10.3. The molecule has 1 aromatic carbocycles. The monoisotopic (exact) mass is 342 g/mol. The lowest BCUT2D eigenvalue weighted by molar-refractivity contribution is -0.385. The van der Waals surface area contributed by atoms with Crippen LogP contribution in [0.3, 0.4) is 0 Å². The first kappa shape index (κ1) is 16.6. The fraction of sp³-hybridized carbons (Fsp3) is 0.500. The van der Waals surface area contributed by atoms with Crippen LogP contribution in [-0.4, -0.2) is 34.7 Å². The standard InChI is InChI=1S/C14H19BrN2O3/c1-11-6-7-12(10-13(11)17(19)20)14(18)16(2)9-5-3-4-8-15/h6-7,10H,3-5,8-9H2,1-2H3. The van der Waals surface area contributed by atoms with Crippen LogP contribution in [0.4, 0.5) is 5.69 Å². The van der Waals surface area contributed by atoms with Crippen molar-refractivity contribution in [1.29, 1.82) is 0 Å². The van der Waals surface area contributed by atoms with Gasteiger partial charge in [0.15, 0.2) is 0 Å². The number of nitrogens with zero attached hydrogens (tertiary/aromatic N) is 2. The minimum atomic E-state index is -0.456. The number of aryl methyl sites for hydroxylation is 1. The first-order chi connectivity index (χ1) is 9.47. The van der Waals surface area contributed by atoms with Gasteiger partial charge in [0, 0.05) is 36.1 Å². The van der Waals surface area contributed by atoms with Crippen LogP contribution in [0, 0.1) is 17.0 Å². The minimum Gasteiger partial charge on any atom is -0.342 e. The molecule has 0 aliphatic carbocycles. The second-order valence-corrected chi connectivity index (χ2v) is 5.53. The molecule has 0 unspecified atom stereocenters. The smallest absolute Gasteiger partial charge is 0.273 e. The van der Waals surface area contributed by atoms with Crippen molar-refractivity contribution in [2.24, 2.45) is 0 Å². The number of halogens is 1. The Morgan fingerprint density at radius 2 is 2.05 bits per heavy atom. The lowest BCUT2D eigenvalue weighted by Gasteiger charge is -2.17. The molecular weight excluding hydrogens is 324 g/mol. The Labute approximate surface area is 127 Å². The average molecular weight is 343 g/mol. The number of unbranched alkanes of at least 4 members (excludes halogenated alkanes) is 2. The first-order valence-electron chi connectivity index (χ1n) is 6.54. The minimum absolute atomic E-state index is 0.0106. The molecule has 0 aliphatic heterocycles. The van der Waals surface area contributed by atoms with Gasteiger partial charge in [-0.3, -0.25) is 14.9 Å². The Morgan fingerprint density at radius 1 is 1.35 bits per heavy atom. The maximum Gasteiger partial charge on any atom is 0.273 e. The van der Waals surface area contributed by atoms with E-state index in [0.29, 0.717) is 17.7 Å². The van der Waals surface area contributed by atoms with Crippen molar-refractivity contribution >= 4 is 27.5 Å². The third-order valence-corrected chi connectivity index (χ3v) is 3.69. The number of rotatable bonds is 7. The second kappa shape index (κ2) is 7.99. The van der Waals surface area contributed by atoms with Gasteiger partial charge in [0.2, 0.25) is 0 Å². The summed E-state index contributed by atoms with van der Waals surface area (Å²) in [4.78, 5) is 24.2. The summed E-state index contributed by atoms with van der Waals surface area (Å²) in [5, 5.41) is 11.9. The van der Waals surface area contributed by atoms with E-state index in [0.717, 1.165) is 24.6 Å². The molecule has 5 nitrogen and oxygen atoms in total. The van der Waals surface area contributed by atoms with Gasteiger partial charge in [-0.05, 0) is 25.8 Å². The number of benzene rings is 1. The predicted octanol–water partition coefficient (Wildman–Crippen LogP) is 3.54. The summed E-state index contributed by atoms with van der Waals surface area (Å²) in [5.74, 6) is -0.174. The Balaban J connectivity index is 2.71. The van der Waals surface area contributed by atoms with Crippen LogP contribution in [-0.2, 0) is 0 Å². The fourth-order valence-corrected chi connectivity index (χ4v) is 2.28. The number of amides is 1. The summed E-state index contributed by atoms with van der Waals surface area (Å²) in [7, 11) is 1.72. The van der Waals surface area contributed by atoms with Crippen molar-refractivity contribution < 1.29 is 9.72 Å². The van der Waals surface area contributed by atoms with E-state index >= 15 is 0 Å². The molecule has 0 N–H and O–H groups in total. The molecule has 1 amide bonds. The molecule has 0 radical (unpaired) electrons. The second-order valence-electron chi connectivity index (χ2n) is 4.73. The molecule has 1 aromatic rings. The van der Waals surface area contributed by atoms with Gasteiger partial charge < -0.3 is 4.90 Å². The summed E-state index contributed by atoms with van der Waals surface area (Å²) in [6, 6.07) is 4.61. The zero-order valence-corrected chi connectivity index (χ0v) is 13.4. The maximum atomic E-state index is 12.2. The number of carbonyl (C=O) groups excluding carboxylic acids is 1. The van der Waals surface area contributed by atoms with Gasteiger partial charge in [-0.2, -0.15) is 0 Å². The van der Waals surface area contributed by atoms with Gasteiger partial charge in [0.25, 0.3) is 11.6 Å². The van der Waals surface area contributed by atoms with Gasteiger partial charge in [0.1, 0.15) is 0 Å². The van der Waals surface area contributed by atoms with E-state index < -0.39 is 4.92 Å². The van der Waals surface area contributed by atoms with Crippen molar-refractivity contribution in [2.45, 2.75) is 26.2 Å². The van der Waals surface area contributed by atoms with E-state index in [1.54, 1.807) is 31.0 Å². The zero-order chi connectivity index (χ0) is 15.1. The molecule has 0 atom stereocenters. The highest BCUT2D eigenvalue weighted by molar-refractivity contribution is 9.09. The molecule has 0 aliphatic rings. The van der Waals surface area contributed by atoms with E-state index in [-0.39, 0.29) is 11.6 Å². The van der Waals surface area contributed by atoms with Gasteiger partial charge in [-0.15, -0.1) is 0 Å². The lowest BCUT2D eigenvalue weighted by atomic mass is 10.1. The molecule has 0 saturated heterocycles. The Kier molecular flexibility index (Phi) is 6.64. The zero-order valence-electron chi connectivity index (χ0n) is 11.8. The Hall–Kier alpha value is -1.43. The van der Waals surface area contributed by atoms with E-state index in [1.807, 2.05) is 0 Å². The van der Waals surface area contributed by atoms with Crippen molar-refractivity contribution in [3.63, 3.8) is 0 Å². The van der Waals surface area contributed by atoms with E-state index in [4.69, 9.17) is 0 Å². The molecule has 0 fully saturated rings. The number of nitro benzene ring substituents is 1. The SMILES string of the molecule is Cc1ccc(C(=O)N(C)CCCCCBr)cc1[N+](=O)[O-]. The van der Waals surface area contributed by atoms with Crippen LogP contribution in [0.15, 0.2) is 18.2 Å². The number of nitro groups is 1. The van der Waals surface area contributed by atoms with Crippen LogP contribution in [0.1, 0.15) is 35.2 Å². The lowest BCUT2D eigenvalue weighted by Crippen LogP contribution is -2.27. The van der Waals surface area contributed by atoms with Gasteiger partial charge >= 0.3 is 0 Å². The van der Waals surface area contributed by atoms with E-state index in [2.05, 4.69) is 15.9 Å². The largest absolute Gasteiger partial charge is 0.342 e. The highest BCUT2D eigenvalue weighted by Crippen LogP contribution is 2.20. The molecule has 0 spiro atoms. The fourth-order valence-electron chi connectivity index (χ4n) is 1.88. The van der Waals surface area contributed by atoms with Crippen molar-refractivity contribution in [3.05, 3.63) is 39.4 Å². The van der Waals surface area contributed by atoms with Crippen molar-refractivity contribution in [1.82, 2.24) is 4.90 Å². The number of hydrogen-bond acceptors (Lipinski definition) is 3. The summed E-state index contributed by atoms with van der Waals surface area (Å²) in [5.41, 5.74) is 0.917. The van der Waals surface area contributed by atoms with Crippen LogP contribution in [0.5, 0.6) is 0 Å². The van der Waals surface area contributed by atoms with Gasteiger partial charge in [0.05, 0.1) is 4.92 Å². The third kappa shape index (κ3) is 4.59. The summed E-state index contributed by atoms with van der Waals surface area (Å²) in [6.45, 7) is 2.32. The third-order valence-electron chi connectivity index (χ3n) is 3.13. The van der Waals surface area contributed by atoms with Crippen molar-refractivity contribution in [3.8, 4) is 0 Å².